The first kappa shape index (κ1) is 17.3. The highest BCUT2D eigenvalue weighted by Crippen LogP contribution is 2.17. The zero-order valence-electron chi connectivity index (χ0n) is 12.6. The monoisotopic (exact) mass is 341 g/mol. The number of hydrogen-bond donors (Lipinski definition) is 0. The van der Waals surface area contributed by atoms with E-state index in [0.717, 1.165) is 21.2 Å². The molecule has 0 bridgehead atoms. The van der Waals surface area contributed by atoms with E-state index in [9.17, 15) is 4.79 Å². The summed E-state index contributed by atoms with van der Waals surface area (Å²) in [4.78, 5) is 17.4. The molecule has 3 aromatic rings. The summed E-state index contributed by atoms with van der Waals surface area (Å²) in [6, 6.07) is 15.7. The predicted molar refractivity (Wildman–Crippen MR) is 101 cm³/mol. The number of carbonyl (C=O) groups excluding carboxylic acids is 1. The number of allylic oxidation sites excluding steroid dienone is 1. The molecule has 1 aromatic heterocycles. The summed E-state index contributed by atoms with van der Waals surface area (Å²) in [6.45, 7) is 0. The van der Waals surface area contributed by atoms with Gasteiger partial charge in [0.1, 0.15) is 0 Å². The summed E-state index contributed by atoms with van der Waals surface area (Å²) in [5.41, 5.74) is 1.71. The van der Waals surface area contributed by atoms with E-state index in [2.05, 4.69) is 11.1 Å². The van der Waals surface area contributed by atoms with Crippen LogP contribution in [-0.2, 0) is 0 Å². The third-order valence-corrected chi connectivity index (χ3v) is 4.21. The van der Waals surface area contributed by atoms with Crippen LogP contribution >= 0.6 is 24.2 Å². The molecule has 0 aliphatic rings. The third kappa shape index (κ3) is 4.21. The van der Waals surface area contributed by atoms with Crippen LogP contribution in [-0.4, -0.2) is 17.0 Å². The van der Waals surface area contributed by atoms with Gasteiger partial charge in [0.25, 0.3) is 0 Å². The number of thioether (sulfide) groups is 1. The molecule has 0 saturated heterocycles. The minimum absolute atomic E-state index is 0. The van der Waals surface area contributed by atoms with Crippen LogP contribution in [0.25, 0.3) is 16.8 Å². The van der Waals surface area contributed by atoms with Crippen molar-refractivity contribution in [2.24, 2.45) is 0 Å². The number of ketones is 1. The summed E-state index contributed by atoms with van der Waals surface area (Å²) in [6.07, 6.45) is 9.10. The molecule has 4 heteroatoms. The first-order chi connectivity index (χ1) is 10.8. The van der Waals surface area contributed by atoms with Gasteiger partial charge in [-0.05, 0) is 59.7 Å². The summed E-state index contributed by atoms with van der Waals surface area (Å²) in [5.74, 6) is 0.0162. The summed E-state index contributed by atoms with van der Waals surface area (Å²) >= 11 is 1.67. The molecule has 23 heavy (non-hydrogen) atoms. The van der Waals surface area contributed by atoms with E-state index < -0.39 is 0 Å². The highest BCUT2D eigenvalue weighted by molar-refractivity contribution is 7.98. The summed E-state index contributed by atoms with van der Waals surface area (Å²) < 4.78 is 0. The number of halogens is 1. The Kier molecular flexibility index (Phi) is 5.97. The highest BCUT2D eigenvalue weighted by Gasteiger charge is 2.01. The standard InChI is InChI=1S/C19H15NOS.ClH/c1-22-18-7-5-15(6-8-18)19(21)9-3-14-2-4-17-13-20-11-10-16(17)12-14;/h2-13H,1H3;1H/b9-3+;. The number of fused-ring (bicyclic) bond motifs is 1. The van der Waals surface area contributed by atoms with Gasteiger partial charge >= 0.3 is 0 Å². The predicted octanol–water partition coefficient (Wildman–Crippen LogP) is 5.27. The number of aromatic nitrogens is 1. The van der Waals surface area contributed by atoms with Crippen molar-refractivity contribution in [2.75, 3.05) is 6.26 Å². The van der Waals surface area contributed by atoms with Gasteiger partial charge in [-0.25, -0.2) is 0 Å². The van der Waals surface area contributed by atoms with E-state index in [1.807, 2.05) is 61.0 Å². The lowest BCUT2D eigenvalue weighted by molar-refractivity contribution is 0.104. The second-order valence-electron chi connectivity index (χ2n) is 4.91. The fraction of sp³-hybridized carbons (Fsp3) is 0.0526. The van der Waals surface area contributed by atoms with Gasteiger partial charge in [0, 0.05) is 28.2 Å². The molecule has 0 saturated carbocycles. The van der Waals surface area contributed by atoms with Gasteiger partial charge in [-0.2, -0.15) is 0 Å². The van der Waals surface area contributed by atoms with Crippen molar-refractivity contribution in [1.29, 1.82) is 0 Å². The molecular weight excluding hydrogens is 326 g/mol. The lowest BCUT2D eigenvalue weighted by Gasteiger charge is -2.00. The fourth-order valence-electron chi connectivity index (χ4n) is 2.23. The number of nitrogens with zero attached hydrogens (tertiary/aromatic N) is 1. The smallest absolute Gasteiger partial charge is 0.185 e. The lowest BCUT2D eigenvalue weighted by Crippen LogP contribution is -1.93. The second-order valence-corrected chi connectivity index (χ2v) is 5.79. The van der Waals surface area contributed by atoms with E-state index in [1.54, 1.807) is 24.0 Å². The van der Waals surface area contributed by atoms with Crippen LogP contribution in [0, 0.1) is 0 Å². The second kappa shape index (κ2) is 7.95. The number of hydrogen-bond acceptors (Lipinski definition) is 3. The molecule has 0 N–H and O–H groups in total. The van der Waals surface area contributed by atoms with Crippen molar-refractivity contribution in [2.45, 2.75) is 4.90 Å². The SMILES string of the molecule is CSc1ccc(C(=O)/C=C/c2ccc3cnccc3c2)cc1.Cl. The minimum Gasteiger partial charge on any atom is -0.289 e. The zero-order valence-corrected chi connectivity index (χ0v) is 14.2. The van der Waals surface area contributed by atoms with Crippen LogP contribution in [0.3, 0.4) is 0 Å². The van der Waals surface area contributed by atoms with Gasteiger partial charge in [-0.1, -0.05) is 18.2 Å². The number of pyridine rings is 1. The number of rotatable bonds is 4. The molecule has 0 aliphatic heterocycles. The van der Waals surface area contributed by atoms with Crippen LogP contribution in [0.5, 0.6) is 0 Å². The van der Waals surface area contributed by atoms with E-state index in [4.69, 9.17) is 0 Å². The quantitative estimate of drug-likeness (QED) is 0.367. The van der Waals surface area contributed by atoms with E-state index in [1.165, 1.54) is 0 Å². The maximum atomic E-state index is 12.2. The highest BCUT2D eigenvalue weighted by atomic mass is 35.5. The van der Waals surface area contributed by atoms with Crippen LogP contribution in [0.1, 0.15) is 15.9 Å². The molecule has 3 rings (SSSR count). The molecule has 0 fully saturated rings. The van der Waals surface area contributed by atoms with E-state index in [0.29, 0.717) is 5.56 Å². The van der Waals surface area contributed by atoms with Gasteiger partial charge in [0.15, 0.2) is 5.78 Å². The zero-order chi connectivity index (χ0) is 15.4. The van der Waals surface area contributed by atoms with Crippen LogP contribution < -0.4 is 0 Å². The van der Waals surface area contributed by atoms with Crippen molar-refractivity contribution in [1.82, 2.24) is 4.98 Å². The lowest BCUT2D eigenvalue weighted by atomic mass is 10.1. The Morgan fingerprint density at radius 1 is 1.04 bits per heavy atom. The van der Waals surface area contributed by atoms with Crippen LogP contribution in [0.2, 0.25) is 0 Å². The van der Waals surface area contributed by atoms with Crippen molar-refractivity contribution in [3.8, 4) is 0 Å². The Morgan fingerprint density at radius 2 is 1.83 bits per heavy atom. The molecule has 0 aliphatic carbocycles. The maximum absolute atomic E-state index is 12.2. The topological polar surface area (TPSA) is 30.0 Å². The third-order valence-electron chi connectivity index (χ3n) is 3.47. The van der Waals surface area contributed by atoms with Crippen LogP contribution in [0.15, 0.2) is 71.9 Å². The fourth-order valence-corrected chi connectivity index (χ4v) is 2.64. The average Bonchev–Trinajstić information content (AvgIpc) is 2.59. The number of benzene rings is 2. The van der Waals surface area contributed by atoms with E-state index in [-0.39, 0.29) is 18.2 Å². The van der Waals surface area contributed by atoms with Gasteiger partial charge in [0.2, 0.25) is 0 Å². The van der Waals surface area contributed by atoms with Gasteiger partial charge in [0.05, 0.1) is 0 Å². The largest absolute Gasteiger partial charge is 0.289 e. The normalized spacial score (nSPS) is 10.7. The molecule has 0 amide bonds. The maximum Gasteiger partial charge on any atom is 0.185 e. The van der Waals surface area contributed by atoms with Crippen molar-refractivity contribution in [3.05, 3.63) is 78.1 Å². The summed E-state index contributed by atoms with van der Waals surface area (Å²) in [5, 5.41) is 2.22. The van der Waals surface area contributed by atoms with Crippen molar-refractivity contribution < 1.29 is 4.79 Å². The van der Waals surface area contributed by atoms with Crippen molar-refractivity contribution >= 4 is 46.8 Å². The first-order valence-corrected chi connectivity index (χ1v) is 8.19. The Morgan fingerprint density at radius 3 is 2.57 bits per heavy atom. The Balaban J connectivity index is 0.00000192. The molecule has 2 aromatic carbocycles. The molecule has 0 radical (unpaired) electrons. The Labute approximate surface area is 146 Å². The number of carbonyl (C=O) groups is 1. The Bertz CT molecular complexity index is 843. The average molecular weight is 342 g/mol. The molecule has 2 nitrogen and oxygen atoms in total. The van der Waals surface area contributed by atoms with Gasteiger partial charge < -0.3 is 0 Å². The van der Waals surface area contributed by atoms with E-state index >= 15 is 0 Å². The molecule has 116 valence electrons. The Hall–Kier alpha value is -2.10. The molecule has 0 atom stereocenters. The summed E-state index contributed by atoms with van der Waals surface area (Å²) in [7, 11) is 0. The van der Waals surface area contributed by atoms with Crippen molar-refractivity contribution in [3.63, 3.8) is 0 Å². The molecular formula is C19H16ClNOS. The molecule has 0 spiro atoms. The van der Waals surface area contributed by atoms with Gasteiger partial charge in [-0.3, -0.25) is 9.78 Å². The molecule has 1 heterocycles. The minimum atomic E-state index is 0. The van der Waals surface area contributed by atoms with Crippen LogP contribution in [0.4, 0.5) is 0 Å². The first-order valence-electron chi connectivity index (χ1n) is 6.96. The molecule has 0 unspecified atom stereocenters. The van der Waals surface area contributed by atoms with Gasteiger partial charge in [-0.15, -0.1) is 24.2 Å².